The van der Waals surface area contributed by atoms with Crippen LogP contribution in [0.25, 0.3) is 0 Å². The second-order valence-electron chi connectivity index (χ2n) is 2.01. The first-order valence-electron chi connectivity index (χ1n) is 3.27. The molecule has 0 atom stereocenters. The molecular weight excluding hydrogens is 209 g/mol. The first kappa shape index (κ1) is 10.4. The number of carbonyl (C=O) groups excluding carboxylic acids is 1. The van der Waals surface area contributed by atoms with Gasteiger partial charge >= 0.3 is 0 Å². The van der Waals surface area contributed by atoms with E-state index >= 15 is 0 Å². The Labute approximate surface area is 80.0 Å². The Morgan fingerprint density at radius 3 is 2.69 bits per heavy atom. The largest absolute Gasteiger partial charge is 0.342 e. The highest BCUT2D eigenvalue weighted by molar-refractivity contribution is 8.52. The fourth-order valence-electron chi connectivity index (χ4n) is 0.764. The number of hydrogen-bond acceptors (Lipinski definition) is 5. The van der Waals surface area contributed by atoms with Crippen molar-refractivity contribution in [2.45, 2.75) is 4.90 Å². The lowest BCUT2D eigenvalue weighted by Gasteiger charge is -2.03. The molecule has 1 aromatic carbocycles. The first-order valence-corrected chi connectivity index (χ1v) is 5.93. The molecule has 2 N–H and O–H groups in total. The van der Waals surface area contributed by atoms with Crippen LogP contribution < -0.4 is 0 Å². The van der Waals surface area contributed by atoms with Gasteiger partial charge in [0, 0.05) is 4.90 Å². The summed E-state index contributed by atoms with van der Waals surface area (Å²) in [5.41, 5.74) is 0.401. The van der Waals surface area contributed by atoms with Gasteiger partial charge in [-0.05, 0) is 23.5 Å². The van der Waals surface area contributed by atoms with Gasteiger partial charge in [-0.3, -0.25) is 0 Å². The molecule has 0 fully saturated rings. The molecule has 0 aliphatic heterocycles. The lowest BCUT2D eigenvalue weighted by molar-refractivity contribution is 0.505. The van der Waals surface area contributed by atoms with E-state index in [0.29, 0.717) is 10.6 Å². The Balaban J connectivity index is 2.97. The zero-order valence-electron chi connectivity index (χ0n) is 6.41. The maximum Gasteiger partial charge on any atom is 0.240 e. The van der Waals surface area contributed by atoms with Gasteiger partial charge in [0.25, 0.3) is 0 Å². The van der Waals surface area contributed by atoms with Crippen LogP contribution in [0.15, 0.2) is 34.2 Å². The lowest BCUT2D eigenvalue weighted by Crippen LogP contribution is -1.71. The van der Waals surface area contributed by atoms with Crippen molar-refractivity contribution in [2.24, 2.45) is 4.99 Å². The van der Waals surface area contributed by atoms with Gasteiger partial charge < -0.3 is 9.79 Å². The summed E-state index contributed by atoms with van der Waals surface area (Å²) in [6.07, 6.45) is 1.40. The number of hydrogen-bond donors (Lipinski definition) is 2. The fraction of sp³-hybridized carbons (Fsp3) is 0. The molecule has 0 unspecified atom stereocenters. The van der Waals surface area contributed by atoms with Crippen molar-refractivity contribution in [3.8, 4) is 0 Å². The lowest BCUT2D eigenvalue weighted by atomic mass is 10.3. The third kappa shape index (κ3) is 3.27. The quantitative estimate of drug-likeness (QED) is 0.459. The number of rotatable bonds is 3. The molecule has 1 aromatic rings. The number of isocyanates is 1. The number of para-hydroxylation sites is 1. The van der Waals surface area contributed by atoms with E-state index in [1.54, 1.807) is 24.3 Å². The van der Waals surface area contributed by atoms with Gasteiger partial charge in [0.05, 0.1) is 5.69 Å². The van der Waals surface area contributed by atoms with E-state index in [0.717, 1.165) is 11.4 Å². The molecular formula is C7H6NO3PS. The minimum Gasteiger partial charge on any atom is -0.342 e. The maximum absolute atomic E-state index is 9.99. The van der Waals surface area contributed by atoms with Crippen molar-refractivity contribution in [3.05, 3.63) is 24.3 Å². The van der Waals surface area contributed by atoms with Gasteiger partial charge in [-0.1, -0.05) is 12.1 Å². The highest BCUT2D eigenvalue weighted by atomic mass is 32.7. The van der Waals surface area contributed by atoms with E-state index in [-0.39, 0.29) is 0 Å². The van der Waals surface area contributed by atoms with Crippen LogP contribution in [0.5, 0.6) is 0 Å². The van der Waals surface area contributed by atoms with Crippen LogP contribution in [0.1, 0.15) is 0 Å². The van der Waals surface area contributed by atoms with E-state index in [4.69, 9.17) is 9.79 Å². The van der Waals surface area contributed by atoms with E-state index in [1.165, 1.54) is 6.08 Å². The Morgan fingerprint density at radius 1 is 1.38 bits per heavy atom. The minimum absolute atomic E-state index is 0.401. The van der Waals surface area contributed by atoms with Crippen LogP contribution in [0.2, 0.25) is 0 Å². The monoisotopic (exact) mass is 215 g/mol. The molecule has 0 saturated carbocycles. The molecule has 0 amide bonds. The Morgan fingerprint density at radius 2 is 2.08 bits per heavy atom. The second-order valence-corrected chi connectivity index (χ2v) is 4.67. The summed E-state index contributed by atoms with van der Waals surface area (Å²) >= 11 is 0.868. The topological polar surface area (TPSA) is 69.9 Å². The smallest absolute Gasteiger partial charge is 0.240 e. The van der Waals surface area contributed by atoms with Gasteiger partial charge in [-0.15, -0.1) is 0 Å². The van der Waals surface area contributed by atoms with Gasteiger partial charge in [-0.2, -0.15) is 4.99 Å². The number of benzene rings is 1. The molecule has 0 heterocycles. The number of nitrogens with zero attached hydrogens (tertiary/aromatic N) is 1. The standard InChI is InChI=1S/C7H6NO3PS/c9-5-8-6-3-1-2-4-7(6)13-12(10)11/h1-4,10-11H. The third-order valence-electron chi connectivity index (χ3n) is 1.21. The van der Waals surface area contributed by atoms with Crippen molar-refractivity contribution in [1.82, 2.24) is 0 Å². The zero-order valence-corrected chi connectivity index (χ0v) is 8.13. The normalized spacial score (nSPS) is 9.77. The van der Waals surface area contributed by atoms with Gasteiger partial charge in [-0.25, -0.2) is 4.79 Å². The highest BCUT2D eigenvalue weighted by Crippen LogP contribution is 2.49. The van der Waals surface area contributed by atoms with Crippen LogP contribution >= 0.6 is 19.0 Å². The van der Waals surface area contributed by atoms with Gasteiger partial charge in [0.1, 0.15) is 0 Å². The Bertz CT molecular complexity index is 338. The molecule has 0 aliphatic carbocycles. The molecule has 4 nitrogen and oxygen atoms in total. The summed E-state index contributed by atoms with van der Waals surface area (Å²) in [4.78, 5) is 31.5. The maximum atomic E-state index is 9.99. The predicted octanol–water partition coefficient (Wildman–Crippen LogP) is 1.96. The van der Waals surface area contributed by atoms with Crippen LogP contribution in [0, 0.1) is 0 Å². The van der Waals surface area contributed by atoms with E-state index in [9.17, 15) is 4.79 Å². The summed E-state index contributed by atoms with van der Waals surface area (Å²) in [6.45, 7) is 0. The Kier molecular flexibility index (Phi) is 4.09. The molecule has 0 aliphatic rings. The van der Waals surface area contributed by atoms with Crippen LogP contribution in [-0.2, 0) is 4.79 Å². The van der Waals surface area contributed by atoms with Crippen molar-refractivity contribution >= 4 is 30.7 Å². The summed E-state index contributed by atoms with van der Waals surface area (Å²) in [6, 6.07) is 6.69. The molecule has 0 spiro atoms. The average molecular weight is 215 g/mol. The predicted molar refractivity (Wildman–Crippen MR) is 51.4 cm³/mol. The minimum atomic E-state index is -2.08. The zero-order chi connectivity index (χ0) is 9.68. The molecule has 68 valence electrons. The highest BCUT2D eigenvalue weighted by Gasteiger charge is 2.06. The molecule has 6 heteroatoms. The van der Waals surface area contributed by atoms with Crippen molar-refractivity contribution < 1.29 is 14.6 Å². The first-order chi connectivity index (χ1) is 6.24. The van der Waals surface area contributed by atoms with Crippen LogP contribution in [-0.4, -0.2) is 15.9 Å². The fourth-order valence-corrected chi connectivity index (χ4v) is 2.28. The second kappa shape index (κ2) is 5.12. The van der Waals surface area contributed by atoms with Gasteiger partial charge in [0.15, 0.2) is 0 Å². The SMILES string of the molecule is O=C=Nc1ccccc1SP(O)O. The van der Waals surface area contributed by atoms with Crippen molar-refractivity contribution in [1.29, 1.82) is 0 Å². The summed E-state index contributed by atoms with van der Waals surface area (Å²) in [5.74, 6) is 0. The van der Waals surface area contributed by atoms with E-state index in [1.807, 2.05) is 0 Å². The molecule has 13 heavy (non-hydrogen) atoms. The van der Waals surface area contributed by atoms with E-state index < -0.39 is 7.58 Å². The third-order valence-corrected chi connectivity index (χ3v) is 3.00. The van der Waals surface area contributed by atoms with Gasteiger partial charge in [0.2, 0.25) is 13.7 Å². The summed E-state index contributed by atoms with van der Waals surface area (Å²) in [7, 11) is -2.08. The molecule has 0 saturated heterocycles. The molecule has 0 aromatic heterocycles. The van der Waals surface area contributed by atoms with Crippen molar-refractivity contribution in [2.75, 3.05) is 0 Å². The van der Waals surface area contributed by atoms with Crippen molar-refractivity contribution in [3.63, 3.8) is 0 Å². The number of aliphatic imine (C=N–C) groups is 1. The molecule has 0 bridgehead atoms. The molecule has 1 rings (SSSR count). The average Bonchev–Trinajstić information content (AvgIpc) is 2.08. The Hall–Kier alpha value is -0.700. The van der Waals surface area contributed by atoms with Crippen LogP contribution in [0.4, 0.5) is 5.69 Å². The van der Waals surface area contributed by atoms with Crippen LogP contribution in [0.3, 0.4) is 0 Å². The summed E-state index contributed by atoms with van der Waals surface area (Å²) < 4.78 is 0. The summed E-state index contributed by atoms with van der Waals surface area (Å²) in [5, 5.41) is 0. The molecule has 0 radical (unpaired) electrons. The van der Waals surface area contributed by atoms with E-state index in [2.05, 4.69) is 4.99 Å².